The molecule has 0 aliphatic heterocycles. The van der Waals surface area contributed by atoms with E-state index in [1.807, 2.05) is 0 Å². The number of hydrogen-bond acceptors (Lipinski definition) is 4. The van der Waals surface area contributed by atoms with E-state index in [0.29, 0.717) is 5.69 Å². The fourth-order valence-electron chi connectivity index (χ4n) is 1.51. The maximum absolute atomic E-state index is 11.9. The van der Waals surface area contributed by atoms with E-state index in [4.69, 9.17) is 4.74 Å². The van der Waals surface area contributed by atoms with Gasteiger partial charge in [-0.05, 0) is 46.8 Å². The van der Waals surface area contributed by atoms with Crippen LogP contribution in [0.3, 0.4) is 0 Å². The molecule has 1 rings (SSSR count). The Kier molecular flexibility index (Phi) is 5.29. The van der Waals surface area contributed by atoms with Gasteiger partial charge in [-0.25, -0.2) is 4.79 Å². The van der Waals surface area contributed by atoms with Crippen molar-refractivity contribution in [2.45, 2.75) is 45.8 Å². The second-order valence-electron chi connectivity index (χ2n) is 6.41. The van der Waals surface area contributed by atoms with E-state index < -0.39 is 17.2 Å². The highest BCUT2D eigenvalue weighted by Gasteiger charge is 2.25. The molecular weight excluding hydrogens is 270 g/mol. The highest BCUT2D eigenvalue weighted by Crippen LogP contribution is 2.09. The first-order valence-electron chi connectivity index (χ1n) is 6.79. The number of nitrogens with zero attached hydrogens (tertiary/aromatic N) is 1. The van der Waals surface area contributed by atoms with Gasteiger partial charge in [-0.1, -0.05) is 6.07 Å². The summed E-state index contributed by atoms with van der Waals surface area (Å²) < 4.78 is 5.19. The highest BCUT2D eigenvalue weighted by molar-refractivity contribution is 5.92. The van der Waals surface area contributed by atoms with Crippen molar-refractivity contribution >= 4 is 12.0 Å². The van der Waals surface area contributed by atoms with Crippen LogP contribution in [-0.2, 0) is 4.74 Å². The van der Waals surface area contributed by atoms with E-state index in [-0.39, 0.29) is 12.5 Å². The zero-order chi connectivity index (χ0) is 16.1. The van der Waals surface area contributed by atoms with Crippen LogP contribution < -0.4 is 10.6 Å². The number of hydrogen-bond donors (Lipinski definition) is 2. The zero-order valence-electron chi connectivity index (χ0n) is 13.2. The largest absolute Gasteiger partial charge is 0.444 e. The van der Waals surface area contributed by atoms with Crippen LogP contribution in [0.1, 0.15) is 45.1 Å². The molecule has 2 N–H and O–H groups in total. The number of ether oxygens (including phenoxy) is 1. The van der Waals surface area contributed by atoms with Gasteiger partial charge in [0.2, 0.25) is 0 Å². The lowest BCUT2D eigenvalue weighted by Crippen LogP contribution is -2.52. The molecule has 0 aliphatic carbocycles. The number of pyridine rings is 1. The van der Waals surface area contributed by atoms with Crippen molar-refractivity contribution < 1.29 is 14.3 Å². The minimum Gasteiger partial charge on any atom is -0.444 e. The molecule has 6 nitrogen and oxygen atoms in total. The molecule has 0 spiro atoms. The number of carbonyl (C=O) groups is 2. The maximum Gasteiger partial charge on any atom is 0.408 e. The number of nitrogens with one attached hydrogen (secondary N) is 2. The van der Waals surface area contributed by atoms with Gasteiger partial charge in [0.15, 0.2) is 0 Å². The minimum atomic E-state index is -0.632. The monoisotopic (exact) mass is 293 g/mol. The first kappa shape index (κ1) is 16.9. The van der Waals surface area contributed by atoms with Gasteiger partial charge in [0, 0.05) is 12.7 Å². The average Bonchev–Trinajstić information content (AvgIpc) is 2.34. The first-order valence-corrected chi connectivity index (χ1v) is 6.79. The van der Waals surface area contributed by atoms with E-state index in [1.54, 1.807) is 59.0 Å². The molecule has 6 heteroatoms. The molecule has 21 heavy (non-hydrogen) atoms. The Balaban J connectivity index is 2.49. The Morgan fingerprint density at radius 3 is 2.38 bits per heavy atom. The Hall–Kier alpha value is -2.11. The fourth-order valence-corrected chi connectivity index (χ4v) is 1.51. The molecule has 0 fully saturated rings. The van der Waals surface area contributed by atoms with Gasteiger partial charge >= 0.3 is 6.09 Å². The second-order valence-corrected chi connectivity index (χ2v) is 6.41. The van der Waals surface area contributed by atoms with Gasteiger partial charge < -0.3 is 15.4 Å². The molecule has 1 aromatic rings. The summed E-state index contributed by atoms with van der Waals surface area (Å²) >= 11 is 0. The normalized spacial score (nSPS) is 11.7. The molecule has 0 saturated heterocycles. The summed E-state index contributed by atoms with van der Waals surface area (Å²) in [6.45, 7) is 9.25. The molecular formula is C15H23N3O3. The lowest BCUT2D eigenvalue weighted by molar-refractivity contribution is 0.0469. The molecule has 0 aromatic carbocycles. The van der Waals surface area contributed by atoms with Crippen LogP contribution in [0, 0.1) is 0 Å². The van der Waals surface area contributed by atoms with Crippen molar-refractivity contribution in [3.63, 3.8) is 0 Å². The first-order chi connectivity index (χ1) is 9.59. The molecule has 0 saturated carbocycles. The minimum absolute atomic E-state index is 0.266. The van der Waals surface area contributed by atoms with Crippen LogP contribution in [0.25, 0.3) is 0 Å². The Labute approximate surface area is 125 Å². The van der Waals surface area contributed by atoms with Gasteiger partial charge in [0.25, 0.3) is 5.91 Å². The Bertz CT molecular complexity index is 493. The molecule has 1 aromatic heterocycles. The van der Waals surface area contributed by atoms with Gasteiger partial charge in [0.1, 0.15) is 11.3 Å². The molecule has 116 valence electrons. The van der Waals surface area contributed by atoms with Crippen LogP contribution >= 0.6 is 0 Å². The lowest BCUT2D eigenvalue weighted by Gasteiger charge is -2.28. The van der Waals surface area contributed by atoms with Gasteiger partial charge in [0.05, 0.1) is 5.54 Å². The lowest BCUT2D eigenvalue weighted by atomic mass is 10.1. The van der Waals surface area contributed by atoms with E-state index in [1.165, 1.54) is 0 Å². The van der Waals surface area contributed by atoms with Gasteiger partial charge in [-0.2, -0.15) is 0 Å². The summed E-state index contributed by atoms with van der Waals surface area (Å²) in [7, 11) is 0. The molecule has 0 unspecified atom stereocenters. The summed E-state index contributed by atoms with van der Waals surface area (Å²) in [6.07, 6.45) is 1.04. The van der Waals surface area contributed by atoms with E-state index >= 15 is 0 Å². The highest BCUT2D eigenvalue weighted by atomic mass is 16.6. The predicted octanol–water partition coefficient (Wildman–Crippen LogP) is 2.11. The van der Waals surface area contributed by atoms with Crippen LogP contribution in [0.5, 0.6) is 0 Å². The Morgan fingerprint density at radius 2 is 1.86 bits per heavy atom. The summed E-state index contributed by atoms with van der Waals surface area (Å²) in [5, 5.41) is 5.46. The number of aromatic nitrogens is 1. The van der Waals surface area contributed by atoms with Crippen molar-refractivity contribution in [2.75, 3.05) is 6.54 Å². The summed E-state index contributed by atoms with van der Waals surface area (Å²) in [4.78, 5) is 27.6. The summed E-state index contributed by atoms with van der Waals surface area (Å²) in [5.74, 6) is -0.283. The second kappa shape index (κ2) is 6.56. The SMILES string of the molecule is CC(C)(CNC(=O)c1ccccn1)NC(=O)OC(C)(C)C. The molecule has 1 heterocycles. The van der Waals surface area contributed by atoms with Crippen LogP contribution in [0.15, 0.2) is 24.4 Å². The van der Waals surface area contributed by atoms with Crippen molar-refractivity contribution in [1.82, 2.24) is 15.6 Å². The molecule has 0 radical (unpaired) electrons. The molecule has 2 amide bonds. The van der Waals surface area contributed by atoms with Gasteiger partial charge in [-0.15, -0.1) is 0 Å². The fraction of sp³-hybridized carbons (Fsp3) is 0.533. The molecule has 0 bridgehead atoms. The van der Waals surface area contributed by atoms with Crippen molar-refractivity contribution in [3.05, 3.63) is 30.1 Å². The van der Waals surface area contributed by atoms with Crippen LogP contribution in [-0.4, -0.2) is 34.7 Å². The summed E-state index contributed by atoms with van der Waals surface area (Å²) in [6, 6.07) is 5.11. The average molecular weight is 293 g/mol. The smallest absolute Gasteiger partial charge is 0.408 e. The molecule has 0 atom stereocenters. The number of alkyl carbamates (subject to hydrolysis) is 1. The van der Waals surface area contributed by atoms with Crippen molar-refractivity contribution in [2.24, 2.45) is 0 Å². The third-order valence-corrected chi connectivity index (χ3v) is 2.43. The van der Waals surface area contributed by atoms with E-state index in [0.717, 1.165) is 0 Å². The van der Waals surface area contributed by atoms with Crippen molar-refractivity contribution in [3.8, 4) is 0 Å². The number of carbonyl (C=O) groups excluding carboxylic acids is 2. The predicted molar refractivity (Wildman–Crippen MR) is 80.0 cm³/mol. The standard InChI is InChI=1S/C15H23N3O3/c1-14(2,3)21-13(20)18-15(4,5)10-17-12(19)11-8-6-7-9-16-11/h6-9H,10H2,1-5H3,(H,17,19)(H,18,20). The number of rotatable bonds is 4. The quantitative estimate of drug-likeness (QED) is 0.891. The third-order valence-electron chi connectivity index (χ3n) is 2.43. The van der Waals surface area contributed by atoms with Gasteiger partial charge in [-0.3, -0.25) is 9.78 Å². The topological polar surface area (TPSA) is 80.3 Å². The summed E-state index contributed by atoms with van der Waals surface area (Å²) in [5.41, 5.74) is -0.852. The van der Waals surface area contributed by atoms with E-state index in [9.17, 15) is 9.59 Å². The van der Waals surface area contributed by atoms with E-state index in [2.05, 4.69) is 15.6 Å². The van der Waals surface area contributed by atoms with Crippen LogP contribution in [0.2, 0.25) is 0 Å². The van der Waals surface area contributed by atoms with Crippen molar-refractivity contribution in [1.29, 1.82) is 0 Å². The van der Waals surface area contributed by atoms with Crippen LogP contribution in [0.4, 0.5) is 4.79 Å². The number of amides is 2. The third kappa shape index (κ3) is 6.74. The Morgan fingerprint density at radius 1 is 1.19 bits per heavy atom. The zero-order valence-corrected chi connectivity index (χ0v) is 13.2. The molecule has 0 aliphatic rings. The maximum atomic E-state index is 11.9.